The van der Waals surface area contributed by atoms with Gasteiger partial charge in [0.05, 0.1) is 6.54 Å². The van der Waals surface area contributed by atoms with E-state index in [1.54, 1.807) is 0 Å². The first kappa shape index (κ1) is 33.6. The highest BCUT2D eigenvalue weighted by molar-refractivity contribution is 5.89. The molecule has 2 aromatic rings. The summed E-state index contributed by atoms with van der Waals surface area (Å²) in [6.45, 7) is 4.69. The maximum absolute atomic E-state index is 14.2. The van der Waals surface area contributed by atoms with Crippen molar-refractivity contribution in [2.24, 2.45) is 11.8 Å². The van der Waals surface area contributed by atoms with Crippen LogP contribution >= 0.6 is 0 Å². The minimum Gasteiger partial charge on any atom is -0.350 e. The summed E-state index contributed by atoms with van der Waals surface area (Å²) in [5, 5.41) is 6.96. The molecule has 242 valence electrons. The van der Waals surface area contributed by atoms with Gasteiger partial charge in [0, 0.05) is 19.4 Å². The zero-order valence-corrected chi connectivity index (χ0v) is 26.4. The fraction of sp³-hybridized carbons (Fsp3) is 0.667. The smallest absolute Gasteiger partial charge is 0.268 e. The molecule has 1 aliphatic heterocycles. The molecule has 0 spiro atoms. The van der Waals surface area contributed by atoms with Crippen molar-refractivity contribution >= 4 is 17.7 Å². The van der Waals surface area contributed by atoms with Crippen LogP contribution in [0.25, 0.3) is 0 Å². The number of hydroxylamine groups is 1. The molecule has 0 bridgehead atoms. The fourth-order valence-corrected chi connectivity index (χ4v) is 6.01. The minimum atomic E-state index is -0.940. The third kappa shape index (κ3) is 10.7. The summed E-state index contributed by atoms with van der Waals surface area (Å²) in [5.74, 6) is -0.183. The Bertz CT molecular complexity index is 1130. The molecule has 1 saturated carbocycles. The van der Waals surface area contributed by atoms with E-state index in [0.29, 0.717) is 31.8 Å². The standard InChI is InChI=1S/C33H50N6O5/c1-26(2)19-20-30(40)39(38(22-28-14-7-4-8-15-28)31(41)23-37-25-34-24-35-37)29(17-11-16-27-12-5-3-6-13-27)33(42)36-44-32-18-9-10-21-43-32/h4,7-8,14-15,24-27,29,32H,3,5-6,9-13,16-23H2,1-2H3,(H,36,42)/t29-,32+/m0/s1. The molecule has 1 aromatic heterocycles. The van der Waals surface area contributed by atoms with Crippen molar-refractivity contribution in [2.45, 2.75) is 123 Å². The summed E-state index contributed by atoms with van der Waals surface area (Å²) < 4.78 is 7.10. The molecule has 1 N–H and O–H groups in total. The predicted octanol–water partition coefficient (Wildman–Crippen LogP) is 5.18. The highest BCUT2D eigenvalue weighted by atomic mass is 16.8. The summed E-state index contributed by atoms with van der Waals surface area (Å²) in [6.07, 6.45) is 14.0. The van der Waals surface area contributed by atoms with Gasteiger partial charge in [0.1, 0.15) is 25.2 Å². The lowest BCUT2D eigenvalue weighted by Gasteiger charge is -2.40. The number of carbonyl (C=O) groups is 3. The van der Waals surface area contributed by atoms with E-state index in [-0.39, 0.29) is 37.2 Å². The number of carbonyl (C=O) groups excluding carboxylic acids is 3. The molecule has 44 heavy (non-hydrogen) atoms. The van der Waals surface area contributed by atoms with Gasteiger partial charge in [-0.15, -0.1) is 0 Å². The first-order chi connectivity index (χ1) is 21.4. The Kier molecular flexibility index (Phi) is 13.6. The second-order valence-corrected chi connectivity index (χ2v) is 12.5. The van der Waals surface area contributed by atoms with E-state index in [2.05, 4.69) is 29.4 Å². The van der Waals surface area contributed by atoms with E-state index in [1.807, 2.05) is 30.3 Å². The van der Waals surface area contributed by atoms with Crippen molar-refractivity contribution in [3.8, 4) is 0 Å². The molecular formula is C33H50N6O5. The molecule has 2 aliphatic rings. The lowest BCUT2D eigenvalue weighted by Crippen LogP contribution is -2.59. The zero-order valence-electron chi connectivity index (χ0n) is 26.4. The molecule has 3 amide bonds. The number of nitrogens with one attached hydrogen (secondary N) is 1. The van der Waals surface area contributed by atoms with Gasteiger partial charge in [-0.2, -0.15) is 5.10 Å². The van der Waals surface area contributed by atoms with Gasteiger partial charge in [0.15, 0.2) is 6.29 Å². The van der Waals surface area contributed by atoms with E-state index >= 15 is 0 Å². The average molecular weight is 611 g/mol. The summed E-state index contributed by atoms with van der Waals surface area (Å²) in [5.41, 5.74) is 3.46. The van der Waals surface area contributed by atoms with Gasteiger partial charge in [-0.25, -0.2) is 30.0 Å². The second kappa shape index (κ2) is 17.9. The number of hydrogen-bond acceptors (Lipinski definition) is 7. The van der Waals surface area contributed by atoms with Crippen LogP contribution < -0.4 is 5.48 Å². The van der Waals surface area contributed by atoms with Gasteiger partial charge >= 0.3 is 0 Å². The summed E-state index contributed by atoms with van der Waals surface area (Å²) in [4.78, 5) is 51.8. The van der Waals surface area contributed by atoms with Gasteiger partial charge in [-0.1, -0.05) is 89.1 Å². The van der Waals surface area contributed by atoms with E-state index in [1.165, 1.54) is 59.5 Å². The highest BCUT2D eigenvalue weighted by Crippen LogP contribution is 2.29. The Hall–Kier alpha value is -3.31. The number of rotatable bonds is 15. The quantitative estimate of drug-likeness (QED) is 0.276. The molecule has 1 aliphatic carbocycles. The third-order valence-electron chi connectivity index (χ3n) is 8.52. The summed E-state index contributed by atoms with van der Waals surface area (Å²) >= 11 is 0. The number of aromatic nitrogens is 3. The van der Waals surface area contributed by atoms with Crippen LogP contribution in [0.1, 0.15) is 103 Å². The van der Waals surface area contributed by atoms with Crippen molar-refractivity contribution in [2.75, 3.05) is 6.61 Å². The lowest BCUT2D eigenvalue weighted by molar-refractivity contribution is -0.206. The van der Waals surface area contributed by atoms with Crippen LogP contribution in [0.15, 0.2) is 43.0 Å². The lowest BCUT2D eigenvalue weighted by atomic mass is 9.85. The summed E-state index contributed by atoms with van der Waals surface area (Å²) in [6, 6.07) is 8.58. The topological polar surface area (TPSA) is 119 Å². The van der Waals surface area contributed by atoms with Gasteiger partial charge in [0.2, 0.25) is 5.91 Å². The highest BCUT2D eigenvalue weighted by Gasteiger charge is 2.37. The Morgan fingerprint density at radius 1 is 1.02 bits per heavy atom. The molecule has 11 nitrogen and oxygen atoms in total. The number of nitrogens with zero attached hydrogens (tertiary/aromatic N) is 5. The normalized spacial score (nSPS) is 18.1. The first-order valence-corrected chi connectivity index (χ1v) is 16.5. The van der Waals surface area contributed by atoms with E-state index < -0.39 is 18.2 Å². The van der Waals surface area contributed by atoms with Crippen LogP contribution in [0.4, 0.5) is 0 Å². The van der Waals surface area contributed by atoms with Crippen LogP contribution in [-0.4, -0.2) is 61.4 Å². The molecule has 1 aromatic carbocycles. The molecular weight excluding hydrogens is 560 g/mol. The number of hydrogen-bond donors (Lipinski definition) is 1. The second-order valence-electron chi connectivity index (χ2n) is 12.5. The van der Waals surface area contributed by atoms with Crippen LogP contribution in [0, 0.1) is 11.8 Å². The Morgan fingerprint density at radius 2 is 1.80 bits per heavy atom. The van der Waals surface area contributed by atoms with Gasteiger partial charge < -0.3 is 4.74 Å². The molecule has 2 atom stereocenters. The summed E-state index contributed by atoms with van der Waals surface area (Å²) in [7, 11) is 0. The minimum absolute atomic E-state index is 0.121. The molecule has 0 radical (unpaired) electrons. The number of ether oxygens (including phenoxy) is 1. The van der Waals surface area contributed by atoms with Crippen LogP contribution in [-0.2, 0) is 37.0 Å². The predicted molar refractivity (Wildman–Crippen MR) is 165 cm³/mol. The van der Waals surface area contributed by atoms with Gasteiger partial charge in [0.25, 0.3) is 11.8 Å². The maximum atomic E-state index is 14.2. The molecule has 2 heterocycles. The molecule has 4 rings (SSSR count). The van der Waals surface area contributed by atoms with Gasteiger partial charge in [-0.3, -0.25) is 14.4 Å². The van der Waals surface area contributed by atoms with Gasteiger partial charge in [-0.05, 0) is 43.1 Å². The van der Waals surface area contributed by atoms with E-state index in [4.69, 9.17) is 9.57 Å². The Labute approximate surface area is 261 Å². The molecule has 0 unspecified atom stereocenters. The SMILES string of the molecule is CC(C)CCC(=O)N([C@@H](CCCC1CCCCC1)C(=O)NO[C@@H]1CCCCO1)N(Cc1ccccc1)C(=O)Cn1cncn1. The monoisotopic (exact) mass is 610 g/mol. The van der Waals surface area contributed by atoms with E-state index in [0.717, 1.165) is 31.2 Å². The average Bonchev–Trinajstić information content (AvgIpc) is 3.56. The fourth-order valence-electron chi connectivity index (χ4n) is 6.01. The Morgan fingerprint density at radius 3 is 2.48 bits per heavy atom. The number of hydrazine groups is 1. The maximum Gasteiger partial charge on any atom is 0.268 e. The van der Waals surface area contributed by atoms with Crippen LogP contribution in [0.5, 0.6) is 0 Å². The van der Waals surface area contributed by atoms with Crippen molar-refractivity contribution in [1.82, 2.24) is 30.3 Å². The van der Waals surface area contributed by atoms with Crippen molar-refractivity contribution < 1.29 is 24.0 Å². The van der Waals surface area contributed by atoms with E-state index in [9.17, 15) is 14.4 Å². The third-order valence-corrected chi connectivity index (χ3v) is 8.52. The van der Waals surface area contributed by atoms with Crippen molar-refractivity contribution in [3.63, 3.8) is 0 Å². The number of benzene rings is 1. The zero-order chi connectivity index (χ0) is 31.1. The Balaban J connectivity index is 1.63. The molecule has 1 saturated heterocycles. The molecule has 11 heteroatoms. The molecule has 2 fully saturated rings. The van der Waals surface area contributed by atoms with Crippen LogP contribution in [0.2, 0.25) is 0 Å². The number of amides is 3. The van der Waals surface area contributed by atoms with Crippen LogP contribution in [0.3, 0.4) is 0 Å². The first-order valence-electron chi connectivity index (χ1n) is 16.5. The van der Waals surface area contributed by atoms with Crippen molar-refractivity contribution in [3.05, 3.63) is 48.5 Å². The van der Waals surface area contributed by atoms with Crippen molar-refractivity contribution in [1.29, 1.82) is 0 Å². The largest absolute Gasteiger partial charge is 0.350 e.